The fourth-order valence-corrected chi connectivity index (χ4v) is 2.44. The van der Waals surface area contributed by atoms with Crippen LogP contribution in [0.2, 0.25) is 0 Å². The Morgan fingerprint density at radius 3 is 2.06 bits per heavy atom. The molecule has 0 bridgehead atoms. The van der Waals surface area contributed by atoms with Crippen LogP contribution in [0.4, 0.5) is 0 Å². The summed E-state index contributed by atoms with van der Waals surface area (Å²) in [6.45, 7) is 1.65. The summed E-state index contributed by atoms with van der Waals surface area (Å²) in [5.74, 6) is 0. The lowest BCUT2D eigenvalue weighted by Crippen LogP contribution is -2.09. The standard InChI is InChI=1S/C15H15O2S/c1-12(18(2,16)17)14-10-6-7-11-15(14)13-8-4-3-5-9-13/h3-11H,1-2H3. The minimum atomic E-state index is -3.17. The Balaban J connectivity index is 2.58. The maximum atomic E-state index is 11.7. The summed E-state index contributed by atoms with van der Waals surface area (Å²) in [6.07, 6.45) is 1.24. The summed E-state index contributed by atoms with van der Waals surface area (Å²) in [5.41, 5.74) is 2.74. The first kappa shape index (κ1) is 12.8. The molecule has 2 rings (SSSR count). The third kappa shape index (κ3) is 2.62. The van der Waals surface area contributed by atoms with Gasteiger partial charge in [-0.2, -0.15) is 0 Å². The maximum Gasteiger partial charge on any atom is 0.158 e. The third-order valence-electron chi connectivity index (χ3n) is 2.95. The minimum Gasteiger partial charge on any atom is -0.228 e. The van der Waals surface area contributed by atoms with Crippen LogP contribution in [0, 0.1) is 5.25 Å². The molecule has 0 saturated heterocycles. The van der Waals surface area contributed by atoms with Crippen molar-refractivity contribution in [3.05, 3.63) is 65.4 Å². The zero-order valence-electron chi connectivity index (χ0n) is 10.4. The molecule has 2 aromatic rings. The zero-order chi connectivity index (χ0) is 13.2. The van der Waals surface area contributed by atoms with Crippen LogP contribution in [0.1, 0.15) is 12.5 Å². The second-order valence-electron chi connectivity index (χ2n) is 4.24. The van der Waals surface area contributed by atoms with Crippen molar-refractivity contribution in [2.45, 2.75) is 6.92 Å². The first-order valence-electron chi connectivity index (χ1n) is 5.68. The predicted molar refractivity (Wildman–Crippen MR) is 74.7 cm³/mol. The highest BCUT2D eigenvalue weighted by Crippen LogP contribution is 2.30. The van der Waals surface area contributed by atoms with Crippen LogP contribution in [0.25, 0.3) is 11.1 Å². The molecule has 0 spiro atoms. The van der Waals surface area contributed by atoms with Crippen molar-refractivity contribution in [3.63, 3.8) is 0 Å². The number of hydrogen-bond acceptors (Lipinski definition) is 2. The van der Waals surface area contributed by atoms with Gasteiger partial charge in [0, 0.05) is 6.26 Å². The first-order chi connectivity index (χ1) is 8.50. The Morgan fingerprint density at radius 2 is 1.44 bits per heavy atom. The van der Waals surface area contributed by atoms with E-state index >= 15 is 0 Å². The molecule has 93 valence electrons. The molecule has 0 aromatic heterocycles. The molecule has 2 aromatic carbocycles. The second-order valence-corrected chi connectivity index (χ2v) is 6.40. The average Bonchev–Trinajstić information content (AvgIpc) is 2.38. The van der Waals surface area contributed by atoms with Crippen molar-refractivity contribution in [1.82, 2.24) is 0 Å². The van der Waals surface area contributed by atoms with Gasteiger partial charge in [0.15, 0.2) is 9.84 Å². The van der Waals surface area contributed by atoms with Crippen molar-refractivity contribution >= 4 is 9.84 Å². The van der Waals surface area contributed by atoms with Crippen LogP contribution in [-0.4, -0.2) is 14.7 Å². The SMILES string of the molecule is C[C](c1ccccc1-c1ccccc1)S(C)(=O)=O. The normalized spacial score (nSPS) is 11.7. The highest BCUT2D eigenvalue weighted by molar-refractivity contribution is 7.93. The Kier molecular flexibility index (Phi) is 3.53. The van der Waals surface area contributed by atoms with Crippen LogP contribution in [0.3, 0.4) is 0 Å². The maximum absolute atomic E-state index is 11.7. The topological polar surface area (TPSA) is 34.1 Å². The van der Waals surface area contributed by atoms with E-state index in [-0.39, 0.29) is 0 Å². The average molecular weight is 259 g/mol. The van der Waals surface area contributed by atoms with Gasteiger partial charge in [-0.05, 0) is 23.6 Å². The largest absolute Gasteiger partial charge is 0.228 e. The Bertz CT molecular complexity index is 631. The van der Waals surface area contributed by atoms with E-state index in [4.69, 9.17) is 0 Å². The van der Waals surface area contributed by atoms with Crippen molar-refractivity contribution in [3.8, 4) is 11.1 Å². The van der Waals surface area contributed by atoms with Crippen LogP contribution in [0.15, 0.2) is 54.6 Å². The molecule has 0 fully saturated rings. The molecule has 0 unspecified atom stereocenters. The van der Waals surface area contributed by atoms with Crippen LogP contribution in [-0.2, 0) is 9.84 Å². The molecule has 0 aliphatic heterocycles. The van der Waals surface area contributed by atoms with E-state index in [1.54, 1.807) is 6.92 Å². The van der Waals surface area contributed by atoms with Gasteiger partial charge in [-0.3, -0.25) is 0 Å². The van der Waals surface area contributed by atoms with Crippen LogP contribution >= 0.6 is 0 Å². The monoisotopic (exact) mass is 259 g/mol. The second kappa shape index (κ2) is 4.94. The van der Waals surface area contributed by atoms with Gasteiger partial charge in [-0.15, -0.1) is 0 Å². The molecule has 3 heteroatoms. The van der Waals surface area contributed by atoms with Gasteiger partial charge in [0.2, 0.25) is 0 Å². The lowest BCUT2D eigenvalue weighted by atomic mass is 9.98. The Hall–Kier alpha value is -1.61. The lowest BCUT2D eigenvalue weighted by Gasteiger charge is -2.14. The van der Waals surface area contributed by atoms with Gasteiger partial charge >= 0.3 is 0 Å². The van der Waals surface area contributed by atoms with E-state index in [2.05, 4.69) is 0 Å². The summed E-state index contributed by atoms with van der Waals surface area (Å²) < 4.78 is 23.4. The molecule has 1 radical (unpaired) electrons. The van der Waals surface area contributed by atoms with Crippen LogP contribution in [0.5, 0.6) is 0 Å². The molecule has 2 nitrogen and oxygen atoms in total. The molecule has 0 saturated carbocycles. The van der Waals surface area contributed by atoms with E-state index in [1.165, 1.54) is 6.26 Å². The highest BCUT2D eigenvalue weighted by Gasteiger charge is 2.21. The van der Waals surface area contributed by atoms with Gasteiger partial charge in [0.25, 0.3) is 0 Å². The molecule has 0 aliphatic carbocycles. The molecule has 0 amide bonds. The molecule has 0 atom stereocenters. The quantitative estimate of drug-likeness (QED) is 0.847. The fourth-order valence-electron chi connectivity index (χ4n) is 1.86. The lowest BCUT2D eigenvalue weighted by molar-refractivity contribution is 0.603. The van der Waals surface area contributed by atoms with Gasteiger partial charge in [-0.1, -0.05) is 54.6 Å². The van der Waals surface area contributed by atoms with Crippen molar-refractivity contribution in [1.29, 1.82) is 0 Å². The number of sulfone groups is 1. The molecule has 0 aliphatic rings. The van der Waals surface area contributed by atoms with E-state index < -0.39 is 9.84 Å². The zero-order valence-corrected chi connectivity index (χ0v) is 11.2. The fraction of sp³-hybridized carbons (Fsp3) is 0.133. The first-order valence-corrected chi connectivity index (χ1v) is 7.58. The molecule has 0 N–H and O–H groups in total. The van der Waals surface area contributed by atoms with Crippen molar-refractivity contribution in [2.24, 2.45) is 0 Å². The molecular weight excluding hydrogens is 244 g/mol. The molecule has 0 heterocycles. The highest BCUT2D eigenvalue weighted by atomic mass is 32.2. The summed E-state index contributed by atoms with van der Waals surface area (Å²) >= 11 is 0. The summed E-state index contributed by atoms with van der Waals surface area (Å²) in [5, 5.41) is 0.405. The van der Waals surface area contributed by atoms with Gasteiger partial charge in [-0.25, -0.2) is 8.42 Å². The Labute approximate surface area is 108 Å². The summed E-state index contributed by atoms with van der Waals surface area (Å²) in [4.78, 5) is 0. The summed E-state index contributed by atoms with van der Waals surface area (Å²) in [7, 11) is -3.17. The van der Waals surface area contributed by atoms with Gasteiger partial charge in [0.1, 0.15) is 5.25 Å². The smallest absolute Gasteiger partial charge is 0.158 e. The van der Waals surface area contributed by atoms with Crippen molar-refractivity contribution < 1.29 is 8.42 Å². The van der Waals surface area contributed by atoms with Gasteiger partial charge < -0.3 is 0 Å². The third-order valence-corrected chi connectivity index (χ3v) is 4.28. The Morgan fingerprint density at radius 1 is 0.889 bits per heavy atom. The van der Waals surface area contributed by atoms with Crippen LogP contribution < -0.4 is 0 Å². The van der Waals surface area contributed by atoms with E-state index in [1.807, 2.05) is 54.6 Å². The minimum absolute atomic E-state index is 0.405. The summed E-state index contributed by atoms with van der Waals surface area (Å²) in [6, 6.07) is 17.4. The number of rotatable bonds is 3. The van der Waals surface area contributed by atoms with E-state index in [0.717, 1.165) is 16.7 Å². The number of benzene rings is 2. The predicted octanol–water partition coefficient (Wildman–Crippen LogP) is 3.30. The molecular formula is C15H15O2S. The molecule has 18 heavy (non-hydrogen) atoms. The van der Waals surface area contributed by atoms with E-state index in [9.17, 15) is 8.42 Å². The number of hydrogen-bond donors (Lipinski definition) is 0. The van der Waals surface area contributed by atoms with Crippen molar-refractivity contribution in [2.75, 3.05) is 6.26 Å². The van der Waals surface area contributed by atoms with E-state index in [0.29, 0.717) is 5.25 Å². The van der Waals surface area contributed by atoms with Gasteiger partial charge in [0.05, 0.1) is 0 Å².